The fraction of sp³-hybridized carbons (Fsp3) is 0.714. The summed E-state index contributed by atoms with van der Waals surface area (Å²) in [6.45, 7) is 3.65. The van der Waals surface area contributed by atoms with E-state index in [9.17, 15) is 0 Å². The Morgan fingerprint density at radius 2 is 2.30 bits per heavy atom. The Morgan fingerprint density at radius 1 is 1.70 bits per heavy atom. The summed E-state index contributed by atoms with van der Waals surface area (Å²) in [5.74, 6) is 0. The molecule has 1 aliphatic heterocycles. The Labute approximate surface area is 76.2 Å². The molecule has 58 valence electrons. The van der Waals surface area contributed by atoms with Gasteiger partial charge in [0, 0.05) is 21.1 Å². The Hall–Kier alpha value is 0.348. The Balaban J connectivity index is 0.000000810. The first-order valence-corrected chi connectivity index (χ1v) is 3.14. The van der Waals surface area contributed by atoms with Crippen LogP contribution >= 0.6 is 0 Å². The molecule has 0 amide bonds. The second-order valence-corrected chi connectivity index (χ2v) is 2.64. The van der Waals surface area contributed by atoms with Crippen LogP contribution in [0.2, 0.25) is 0 Å². The van der Waals surface area contributed by atoms with Gasteiger partial charge in [0.05, 0.1) is 0 Å². The molecular formula is C7H12NOW-. The molecule has 1 rings (SSSR count). The van der Waals surface area contributed by atoms with Gasteiger partial charge in [-0.3, -0.25) is 0 Å². The maximum absolute atomic E-state index is 9.08. The summed E-state index contributed by atoms with van der Waals surface area (Å²) in [5, 5.41) is 9.08. The summed E-state index contributed by atoms with van der Waals surface area (Å²) in [6, 6.07) is 0. The summed E-state index contributed by atoms with van der Waals surface area (Å²) in [7, 11) is 1.99. The Morgan fingerprint density at radius 3 is 2.70 bits per heavy atom. The van der Waals surface area contributed by atoms with E-state index in [1.807, 2.05) is 14.0 Å². The van der Waals surface area contributed by atoms with E-state index in [4.69, 9.17) is 5.11 Å². The minimum Gasteiger partial charge on any atom is -0.465 e. The number of nitrogens with zero attached hydrogens (tertiary/aromatic N) is 1. The van der Waals surface area contributed by atoms with Crippen molar-refractivity contribution in [2.45, 2.75) is 13.0 Å². The number of likely N-dealkylation sites (N-methyl/N-ethyl adjacent to an activating group) is 1. The van der Waals surface area contributed by atoms with Crippen molar-refractivity contribution in [1.82, 2.24) is 4.90 Å². The minimum absolute atomic E-state index is 0. The number of aliphatic hydroxyl groups excluding tert-OH is 1. The molecule has 0 aliphatic carbocycles. The molecule has 0 saturated heterocycles. The van der Waals surface area contributed by atoms with Crippen LogP contribution in [0.1, 0.15) is 6.92 Å². The van der Waals surface area contributed by atoms with Gasteiger partial charge in [0.1, 0.15) is 0 Å². The first-order chi connectivity index (χ1) is 4.18. The number of aliphatic hydroxyl groups is 1. The molecule has 10 heavy (non-hydrogen) atoms. The largest absolute Gasteiger partial charge is 0.465 e. The van der Waals surface area contributed by atoms with Crippen LogP contribution < -0.4 is 0 Å². The van der Waals surface area contributed by atoms with E-state index in [1.54, 1.807) is 0 Å². The third-order valence-corrected chi connectivity index (χ3v) is 1.40. The molecular weight excluding hydrogens is 298 g/mol. The SMILES string of the molecule is CC1=[C-]C(O)CN(C)C1.[W]. The van der Waals surface area contributed by atoms with Gasteiger partial charge < -0.3 is 16.1 Å². The van der Waals surface area contributed by atoms with Gasteiger partial charge in [0.2, 0.25) is 0 Å². The summed E-state index contributed by atoms with van der Waals surface area (Å²) in [4.78, 5) is 2.08. The molecule has 1 heterocycles. The fourth-order valence-electron chi connectivity index (χ4n) is 1.14. The van der Waals surface area contributed by atoms with Crippen molar-refractivity contribution in [2.75, 3.05) is 20.1 Å². The predicted octanol–water partition coefficient (Wildman–Crippen LogP) is 0.0397. The number of rotatable bonds is 0. The molecule has 1 aliphatic rings. The summed E-state index contributed by atoms with van der Waals surface area (Å²) in [6.07, 6.45) is 2.57. The van der Waals surface area contributed by atoms with Crippen LogP contribution in [0.3, 0.4) is 0 Å². The van der Waals surface area contributed by atoms with E-state index in [-0.39, 0.29) is 27.2 Å². The number of hydrogen-bond donors (Lipinski definition) is 1. The first kappa shape index (κ1) is 10.3. The zero-order chi connectivity index (χ0) is 6.85. The Kier molecular flexibility index (Phi) is 4.42. The number of β-amino-alcohol motifs (C(OH)–C–C–N with tert-alkyl or cyclic N) is 1. The minimum atomic E-state index is -0.372. The van der Waals surface area contributed by atoms with E-state index in [1.165, 1.54) is 0 Å². The van der Waals surface area contributed by atoms with Gasteiger partial charge in [-0.1, -0.05) is 13.0 Å². The molecule has 2 nitrogen and oxygen atoms in total. The van der Waals surface area contributed by atoms with Crippen molar-refractivity contribution >= 4 is 0 Å². The maximum atomic E-state index is 9.08. The normalized spacial score (nSPS) is 27.1. The average Bonchev–Trinajstić information content (AvgIpc) is 1.59. The molecule has 0 aromatic rings. The van der Waals surface area contributed by atoms with E-state index in [0.717, 1.165) is 18.7 Å². The molecule has 0 spiro atoms. The molecule has 3 heteroatoms. The van der Waals surface area contributed by atoms with Crippen molar-refractivity contribution in [3.63, 3.8) is 0 Å². The van der Waals surface area contributed by atoms with Crippen molar-refractivity contribution < 1.29 is 26.2 Å². The standard InChI is InChI=1S/C7H12NO.W/c1-6-3-7(9)5-8(2)4-6;/h7,9H,4-5H2,1-2H3;/q-1;. The topological polar surface area (TPSA) is 23.5 Å². The molecule has 1 N–H and O–H groups in total. The van der Waals surface area contributed by atoms with Crippen molar-refractivity contribution in [3.05, 3.63) is 11.6 Å². The van der Waals surface area contributed by atoms with Crippen molar-refractivity contribution in [2.24, 2.45) is 0 Å². The Bertz CT molecular complexity index is 136. The third-order valence-electron chi connectivity index (χ3n) is 1.40. The molecule has 0 fully saturated rings. The first-order valence-electron chi connectivity index (χ1n) is 3.14. The maximum Gasteiger partial charge on any atom is 0 e. The van der Waals surface area contributed by atoms with E-state index in [0.29, 0.717) is 0 Å². The zero-order valence-corrected chi connectivity index (χ0v) is 9.23. The quantitative estimate of drug-likeness (QED) is 0.639. The van der Waals surface area contributed by atoms with Gasteiger partial charge in [0.15, 0.2) is 0 Å². The van der Waals surface area contributed by atoms with E-state index in [2.05, 4.69) is 11.0 Å². The van der Waals surface area contributed by atoms with E-state index < -0.39 is 0 Å². The van der Waals surface area contributed by atoms with Gasteiger partial charge in [-0.05, 0) is 20.1 Å². The van der Waals surface area contributed by atoms with Crippen LogP contribution in [0.5, 0.6) is 0 Å². The summed E-state index contributed by atoms with van der Waals surface area (Å²) in [5.41, 5.74) is 1.14. The van der Waals surface area contributed by atoms with Crippen LogP contribution in [-0.2, 0) is 21.1 Å². The van der Waals surface area contributed by atoms with Crippen LogP contribution in [0.4, 0.5) is 0 Å². The predicted molar refractivity (Wildman–Crippen MR) is 35.9 cm³/mol. The second-order valence-electron chi connectivity index (χ2n) is 2.64. The molecule has 0 radical (unpaired) electrons. The second kappa shape index (κ2) is 4.27. The van der Waals surface area contributed by atoms with Crippen LogP contribution in [0.25, 0.3) is 0 Å². The van der Waals surface area contributed by atoms with Gasteiger partial charge in [0.25, 0.3) is 0 Å². The molecule has 0 saturated carbocycles. The summed E-state index contributed by atoms with van der Waals surface area (Å²) < 4.78 is 0. The molecule has 1 unspecified atom stereocenters. The fourth-order valence-corrected chi connectivity index (χ4v) is 1.14. The third kappa shape index (κ3) is 2.96. The van der Waals surface area contributed by atoms with Gasteiger partial charge >= 0.3 is 0 Å². The smallest absolute Gasteiger partial charge is 0 e. The monoisotopic (exact) mass is 310 g/mol. The van der Waals surface area contributed by atoms with Gasteiger partial charge in [-0.25, -0.2) is 5.57 Å². The van der Waals surface area contributed by atoms with Crippen LogP contribution in [0.15, 0.2) is 5.57 Å². The van der Waals surface area contributed by atoms with E-state index >= 15 is 0 Å². The zero-order valence-electron chi connectivity index (χ0n) is 6.29. The van der Waals surface area contributed by atoms with Crippen molar-refractivity contribution in [1.29, 1.82) is 0 Å². The van der Waals surface area contributed by atoms with Crippen LogP contribution in [-0.4, -0.2) is 36.2 Å². The van der Waals surface area contributed by atoms with Gasteiger partial charge in [-0.2, -0.15) is 0 Å². The van der Waals surface area contributed by atoms with Crippen LogP contribution in [0, 0.1) is 6.08 Å². The van der Waals surface area contributed by atoms with Crippen molar-refractivity contribution in [3.8, 4) is 0 Å². The van der Waals surface area contributed by atoms with Gasteiger partial charge in [-0.15, -0.1) is 0 Å². The summed E-state index contributed by atoms with van der Waals surface area (Å²) >= 11 is 0. The molecule has 0 aromatic heterocycles. The molecule has 0 aromatic carbocycles. The molecule has 1 atom stereocenters. The average molecular weight is 310 g/mol. The molecule has 0 bridgehead atoms. The number of hydrogen-bond acceptors (Lipinski definition) is 2.